The molecule has 1 rings (SSSR count). The number of ether oxygens (including phenoxy) is 3. The van der Waals surface area contributed by atoms with Gasteiger partial charge in [-0.25, -0.2) is 4.79 Å². The Morgan fingerprint density at radius 2 is 1.80 bits per heavy atom. The van der Waals surface area contributed by atoms with Gasteiger partial charge >= 0.3 is 30.0 Å². The maximum atomic E-state index is 12.5. The monoisotopic (exact) mass is 369 g/mol. The van der Waals surface area contributed by atoms with Crippen LogP contribution in [0.5, 0.6) is 0 Å². The van der Waals surface area contributed by atoms with Crippen LogP contribution in [0.4, 0.5) is 13.2 Å². The molecule has 1 aliphatic rings. The number of carbonyl (C=O) groups is 4. The van der Waals surface area contributed by atoms with Gasteiger partial charge in [0.2, 0.25) is 0 Å². The largest absolute Gasteiger partial charge is 0.471 e. The van der Waals surface area contributed by atoms with E-state index in [1.807, 2.05) is 0 Å². The van der Waals surface area contributed by atoms with Crippen molar-refractivity contribution in [1.29, 1.82) is 0 Å². The number of alkyl halides is 3. The smallest absolute Gasteiger partial charge is 0.468 e. The molecule has 1 heterocycles. The molecule has 0 aliphatic carbocycles. The average molecular weight is 369 g/mol. The lowest BCUT2D eigenvalue weighted by molar-refractivity contribution is -0.178. The lowest BCUT2D eigenvalue weighted by Crippen LogP contribution is -2.54. The van der Waals surface area contributed by atoms with Gasteiger partial charge in [0.25, 0.3) is 0 Å². The van der Waals surface area contributed by atoms with Gasteiger partial charge in [-0.3, -0.25) is 14.4 Å². The standard InChI is InChI=1S/C14H18F3NO7/c1-13(2,3)25-11(21)8(18-12(22)14(15,16)17)6-5-24-10(20)7(6)9(19)23-4/h6-8H,5H2,1-4H3,(H,18,22)/t6-,7-,8-/m0/s1. The number of hydrogen-bond donors (Lipinski definition) is 1. The molecule has 3 atom stereocenters. The lowest BCUT2D eigenvalue weighted by Gasteiger charge is -2.28. The molecular weight excluding hydrogens is 351 g/mol. The predicted molar refractivity (Wildman–Crippen MR) is 73.8 cm³/mol. The number of carbonyl (C=O) groups excluding carboxylic acids is 4. The van der Waals surface area contributed by atoms with Gasteiger partial charge in [0.1, 0.15) is 11.6 Å². The zero-order valence-electron chi connectivity index (χ0n) is 13.9. The maximum Gasteiger partial charge on any atom is 0.471 e. The number of methoxy groups -OCH3 is 1. The highest BCUT2D eigenvalue weighted by Gasteiger charge is 2.52. The van der Waals surface area contributed by atoms with Crippen LogP contribution in [0.25, 0.3) is 0 Å². The van der Waals surface area contributed by atoms with Crippen molar-refractivity contribution in [3.05, 3.63) is 0 Å². The normalized spacial score (nSPS) is 22.0. The van der Waals surface area contributed by atoms with Gasteiger partial charge in [0, 0.05) is 5.92 Å². The second-order valence-electron chi connectivity index (χ2n) is 6.28. The van der Waals surface area contributed by atoms with Gasteiger partial charge in [-0.2, -0.15) is 13.2 Å². The van der Waals surface area contributed by atoms with Crippen LogP contribution in [0.15, 0.2) is 0 Å². The van der Waals surface area contributed by atoms with Crippen LogP contribution in [-0.4, -0.2) is 55.4 Å². The molecule has 0 bridgehead atoms. The van der Waals surface area contributed by atoms with Crippen LogP contribution in [0.2, 0.25) is 0 Å². The Morgan fingerprint density at radius 1 is 1.24 bits per heavy atom. The highest BCUT2D eigenvalue weighted by Crippen LogP contribution is 2.29. The molecule has 0 saturated carbocycles. The molecule has 0 radical (unpaired) electrons. The number of hydrogen-bond acceptors (Lipinski definition) is 7. The molecule has 0 aromatic rings. The molecule has 0 aromatic carbocycles. The number of esters is 3. The zero-order chi connectivity index (χ0) is 19.6. The molecular formula is C14H18F3NO7. The van der Waals surface area contributed by atoms with Crippen LogP contribution in [0.3, 0.4) is 0 Å². The van der Waals surface area contributed by atoms with Gasteiger partial charge in [-0.05, 0) is 20.8 Å². The third-order valence-corrected chi connectivity index (χ3v) is 3.19. The van der Waals surface area contributed by atoms with E-state index in [1.165, 1.54) is 26.1 Å². The molecule has 1 saturated heterocycles. The van der Waals surface area contributed by atoms with Crippen LogP contribution >= 0.6 is 0 Å². The first-order valence-electron chi connectivity index (χ1n) is 7.13. The molecule has 142 valence electrons. The zero-order valence-corrected chi connectivity index (χ0v) is 13.9. The van der Waals surface area contributed by atoms with E-state index in [2.05, 4.69) is 9.47 Å². The summed E-state index contributed by atoms with van der Waals surface area (Å²) in [6, 6.07) is -1.93. The maximum absolute atomic E-state index is 12.5. The first kappa shape index (κ1) is 20.7. The van der Waals surface area contributed by atoms with Crippen molar-refractivity contribution in [3.63, 3.8) is 0 Å². The van der Waals surface area contributed by atoms with Crippen molar-refractivity contribution in [1.82, 2.24) is 5.32 Å². The average Bonchev–Trinajstić information content (AvgIpc) is 2.82. The molecule has 1 amide bonds. The molecule has 1 fully saturated rings. The summed E-state index contributed by atoms with van der Waals surface area (Å²) in [4.78, 5) is 46.9. The summed E-state index contributed by atoms with van der Waals surface area (Å²) in [6.07, 6.45) is -5.27. The fourth-order valence-electron chi connectivity index (χ4n) is 2.15. The molecule has 0 aromatic heterocycles. The highest BCUT2D eigenvalue weighted by molar-refractivity contribution is 5.98. The van der Waals surface area contributed by atoms with E-state index in [9.17, 15) is 32.3 Å². The SMILES string of the molecule is COC(=O)[C@H]1C(=O)OC[C@@H]1[C@H](NC(=O)C(F)(F)F)C(=O)OC(C)(C)C. The molecule has 25 heavy (non-hydrogen) atoms. The van der Waals surface area contributed by atoms with E-state index in [0.717, 1.165) is 7.11 Å². The van der Waals surface area contributed by atoms with Crippen LogP contribution in [-0.2, 0) is 33.4 Å². The van der Waals surface area contributed by atoms with Gasteiger partial charge < -0.3 is 19.5 Å². The molecule has 1 N–H and O–H groups in total. The molecule has 0 unspecified atom stereocenters. The fourth-order valence-corrected chi connectivity index (χ4v) is 2.15. The minimum absolute atomic E-state index is 0.555. The highest BCUT2D eigenvalue weighted by atomic mass is 19.4. The lowest BCUT2D eigenvalue weighted by atomic mass is 9.88. The fraction of sp³-hybridized carbons (Fsp3) is 0.714. The summed E-state index contributed by atoms with van der Waals surface area (Å²) >= 11 is 0. The minimum Gasteiger partial charge on any atom is -0.468 e. The third-order valence-electron chi connectivity index (χ3n) is 3.19. The summed E-state index contributed by atoms with van der Waals surface area (Å²) in [7, 11) is 0.960. The number of rotatable bonds is 4. The van der Waals surface area contributed by atoms with Gasteiger partial charge in [-0.15, -0.1) is 0 Å². The van der Waals surface area contributed by atoms with Gasteiger partial charge in [-0.1, -0.05) is 0 Å². The number of cyclic esters (lactones) is 1. The Kier molecular flexibility index (Phi) is 6.03. The second-order valence-corrected chi connectivity index (χ2v) is 6.28. The first-order chi connectivity index (χ1) is 11.3. The quantitative estimate of drug-likeness (QED) is 0.432. The summed E-state index contributed by atoms with van der Waals surface area (Å²) in [5.41, 5.74) is -1.08. The summed E-state index contributed by atoms with van der Waals surface area (Å²) in [5, 5.41) is 1.47. The van der Waals surface area contributed by atoms with Crippen LogP contribution in [0.1, 0.15) is 20.8 Å². The van der Waals surface area contributed by atoms with Crippen LogP contribution < -0.4 is 5.32 Å². The number of amides is 1. The topological polar surface area (TPSA) is 108 Å². The molecule has 0 spiro atoms. The van der Waals surface area contributed by atoms with Crippen molar-refractivity contribution >= 4 is 23.8 Å². The van der Waals surface area contributed by atoms with E-state index in [1.54, 1.807) is 0 Å². The molecule has 8 nitrogen and oxygen atoms in total. The first-order valence-corrected chi connectivity index (χ1v) is 7.13. The third kappa shape index (κ3) is 5.33. The van der Waals surface area contributed by atoms with E-state index >= 15 is 0 Å². The summed E-state index contributed by atoms with van der Waals surface area (Å²) in [6.45, 7) is 3.82. The number of halogens is 3. The summed E-state index contributed by atoms with van der Waals surface area (Å²) in [5.74, 6) is -8.86. The van der Waals surface area contributed by atoms with Crippen molar-refractivity contribution in [3.8, 4) is 0 Å². The van der Waals surface area contributed by atoms with Crippen molar-refractivity contribution in [2.45, 2.75) is 38.6 Å². The number of nitrogens with one attached hydrogen (secondary N) is 1. The Morgan fingerprint density at radius 3 is 2.24 bits per heavy atom. The molecule has 11 heteroatoms. The minimum atomic E-state index is -5.27. The van der Waals surface area contributed by atoms with E-state index in [0.29, 0.717) is 0 Å². The predicted octanol–water partition coefficient (Wildman–Crippen LogP) is 0.337. The van der Waals surface area contributed by atoms with E-state index in [4.69, 9.17) is 4.74 Å². The van der Waals surface area contributed by atoms with E-state index < -0.39 is 60.1 Å². The van der Waals surface area contributed by atoms with Gasteiger partial charge in [0.15, 0.2) is 5.92 Å². The van der Waals surface area contributed by atoms with Gasteiger partial charge in [0.05, 0.1) is 13.7 Å². The van der Waals surface area contributed by atoms with E-state index in [-0.39, 0.29) is 0 Å². The van der Waals surface area contributed by atoms with Crippen molar-refractivity contribution in [2.24, 2.45) is 11.8 Å². The van der Waals surface area contributed by atoms with Crippen molar-refractivity contribution < 1.29 is 46.6 Å². The van der Waals surface area contributed by atoms with Crippen molar-refractivity contribution in [2.75, 3.05) is 13.7 Å². The molecule has 1 aliphatic heterocycles. The Bertz CT molecular complexity index is 568. The Labute approximate surface area is 141 Å². The Balaban J connectivity index is 3.16. The van der Waals surface area contributed by atoms with Crippen LogP contribution in [0, 0.1) is 11.8 Å². The Hall–Kier alpha value is -2.33. The second kappa shape index (κ2) is 7.28. The summed E-state index contributed by atoms with van der Waals surface area (Å²) < 4.78 is 51.7.